The molecule has 4 heteroatoms. The van der Waals surface area contributed by atoms with Crippen molar-refractivity contribution in [3.05, 3.63) is 12.7 Å². The summed E-state index contributed by atoms with van der Waals surface area (Å²) < 4.78 is 0. The molecule has 2 unspecified atom stereocenters. The zero-order chi connectivity index (χ0) is 11.4. The third-order valence-electron chi connectivity index (χ3n) is 3.92. The second-order valence-electron chi connectivity index (χ2n) is 4.90. The summed E-state index contributed by atoms with van der Waals surface area (Å²) in [6.45, 7) is 9.85. The molecule has 2 bridgehead atoms. The predicted molar refractivity (Wildman–Crippen MR) is 67.0 cm³/mol. The fourth-order valence-corrected chi connectivity index (χ4v) is 2.91. The van der Waals surface area contributed by atoms with Gasteiger partial charge in [-0.25, -0.2) is 0 Å². The predicted octanol–water partition coefficient (Wildman–Crippen LogP) is 0.174. The largest absolute Gasteiger partial charge is 0.299 e. The molecule has 0 aromatic heterocycles. The van der Waals surface area contributed by atoms with Crippen LogP contribution in [-0.2, 0) is 0 Å². The van der Waals surface area contributed by atoms with E-state index in [-0.39, 0.29) is 0 Å². The first-order valence-electron chi connectivity index (χ1n) is 6.38. The van der Waals surface area contributed by atoms with Crippen LogP contribution in [0.25, 0.3) is 0 Å². The minimum absolute atomic E-state index is 0.433. The molecular formula is C12H24N4. The molecule has 3 rings (SSSR count). The van der Waals surface area contributed by atoms with Crippen LogP contribution in [0.5, 0.6) is 0 Å². The molecule has 0 radical (unpaired) electrons. The van der Waals surface area contributed by atoms with Crippen LogP contribution < -0.4 is 11.3 Å². The van der Waals surface area contributed by atoms with Gasteiger partial charge in [-0.05, 0) is 19.3 Å². The van der Waals surface area contributed by atoms with Crippen LogP contribution in [0.1, 0.15) is 19.3 Å². The van der Waals surface area contributed by atoms with E-state index in [0.717, 1.165) is 12.8 Å². The van der Waals surface area contributed by atoms with E-state index in [2.05, 4.69) is 21.8 Å². The lowest BCUT2D eigenvalue weighted by Crippen LogP contribution is -2.67. The molecule has 0 saturated carbocycles. The summed E-state index contributed by atoms with van der Waals surface area (Å²) in [4.78, 5) is 5.15. The van der Waals surface area contributed by atoms with Crippen molar-refractivity contribution in [3.8, 4) is 0 Å². The summed E-state index contributed by atoms with van der Waals surface area (Å²) in [5.74, 6) is 5.70. The molecule has 3 heterocycles. The number of hydrogen-bond acceptors (Lipinski definition) is 4. The van der Waals surface area contributed by atoms with E-state index in [9.17, 15) is 0 Å². The lowest BCUT2D eigenvalue weighted by molar-refractivity contribution is -0.00471. The number of piperazine rings is 3. The highest BCUT2D eigenvalue weighted by Crippen LogP contribution is 2.20. The van der Waals surface area contributed by atoms with E-state index >= 15 is 0 Å². The zero-order valence-electron chi connectivity index (χ0n) is 10.1. The standard InChI is InChI=1S/C12H24N4/c1-2-3-4-5-11(14-13)12-10-15-6-8-16(12)9-7-15/h2,11-12,14H,1,3-10,13H2. The third kappa shape index (κ3) is 2.63. The third-order valence-corrected chi connectivity index (χ3v) is 3.92. The smallest absolute Gasteiger partial charge is 0.0391 e. The molecule has 16 heavy (non-hydrogen) atoms. The van der Waals surface area contributed by atoms with Crippen molar-refractivity contribution < 1.29 is 0 Å². The summed E-state index contributed by atoms with van der Waals surface area (Å²) in [6.07, 6.45) is 5.42. The maximum Gasteiger partial charge on any atom is 0.0391 e. The average molecular weight is 224 g/mol. The van der Waals surface area contributed by atoms with E-state index in [1.165, 1.54) is 39.1 Å². The maximum atomic E-state index is 5.70. The maximum absolute atomic E-state index is 5.70. The highest BCUT2D eigenvalue weighted by Gasteiger charge is 2.35. The van der Waals surface area contributed by atoms with Crippen LogP contribution in [0.4, 0.5) is 0 Å². The molecular weight excluding hydrogens is 200 g/mol. The van der Waals surface area contributed by atoms with Crippen LogP contribution in [0.3, 0.4) is 0 Å². The van der Waals surface area contributed by atoms with E-state index in [0.29, 0.717) is 12.1 Å². The van der Waals surface area contributed by atoms with Crippen molar-refractivity contribution in [1.82, 2.24) is 15.2 Å². The number of fused-ring (bicyclic) bond motifs is 3. The summed E-state index contributed by atoms with van der Waals surface area (Å²) >= 11 is 0. The molecule has 4 nitrogen and oxygen atoms in total. The second-order valence-corrected chi connectivity index (χ2v) is 4.90. The molecule has 0 aliphatic carbocycles. The lowest BCUT2D eigenvalue weighted by Gasteiger charge is -2.50. The quantitative estimate of drug-likeness (QED) is 0.292. The fourth-order valence-electron chi connectivity index (χ4n) is 2.91. The van der Waals surface area contributed by atoms with Gasteiger partial charge in [0.25, 0.3) is 0 Å². The van der Waals surface area contributed by atoms with Crippen LogP contribution in [0.15, 0.2) is 12.7 Å². The number of hydrazine groups is 1. The normalized spacial score (nSPS) is 34.9. The van der Waals surface area contributed by atoms with E-state index in [1.807, 2.05) is 6.08 Å². The molecule has 0 aromatic carbocycles. The van der Waals surface area contributed by atoms with Gasteiger partial charge in [-0.3, -0.25) is 21.1 Å². The van der Waals surface area contributed by atoms with Crippen molar-refractivity contribution in [2.75, 3.05) is 32.7 Å². The molecule has 0 spiro atoms. The number of nitrogens with one attached hydrogen (secondary N) is 1. The first kappa shape index (κ1) is 12.0. The average Bonchev–Trinajstić information content (AvgIpc) is 2.36. The van der Waals surface area contributed by atoms with E-state index in [4.69, 9.17) is 5.84 Å². The Morgan fingerprint density at radius 2 is 2.12 bits per heavy atom. The first-order chi connectivity index (χ1) is 7.85. The second kappa shape index (κ2) is 5.77. The molecule has 3 fully saturated rings. The monoisotopic (exact) mass is 224 g/mol. The highest BCUT2D eigenvalue weighted by molar-refractivity contribution is 4.94. The summed E-state index contributed by atoms with van der Waals surface area (Å²) in [5.41, 5.74) is 3.01. The Bertz CT molecular complexity index is 223. The van der Waals surface area contributed by atoms with E-state index in [1.54, 1.807) is 0 Å². The Kier molecular flexibility index (Phi) is 4.35. The van der Waals surface area contributed by atoms with E-state index < -0.39 is 0 Å². The SMILES string of the molecule is C=CCCCC(NN)C1CN2CCN1CC2. The van der Waals surface area contributed by atoms with Crippen LogP contribution >= 0.6 is 0 Å². The van der Waals surface area contributed by atoms with Crippen molar-refractivity contribution in [3.63, 3.8) is 0 Å². The zero-order valence-corrected chi connectivity index (χ0v) is 10.1. The Labute approximate surface area is 98.4 Å². The highest BCUT2D eigenvalue weighted by atomic mass is 15.4. The number of allylic oxidation sites excluding steroid dienone is 1. The van der Waals surface area contributed by atoms with Crippen molar-refractivity contribution in [2.24, 2.45) is 5.84 Å². The van der Waals surface area contributed by atoms with Crippen molar-refractivity contribution >= 4 is 0 Å². The number of nitrogens with zero attached hydrogens (tertiary/aromatic N) is 2. The Morgan fingerprint density at radius 3 is 2.62 bits per heavy atom. The van der Waals surface area contributed by atoms with Gasteiger partial charge in [0.1, 0.15) is 0 Å². The van der Waals surface area contributed by atoms with Gasteiger partial charge in [-0.15, -0.1) is 6.58 Å². The van der Waals surface area contributed by atoms with Crippen LogP contribution in [0, 0.1) is 0 Å². The van der Waals surface area contributed by atoms with Gasteiger partial charge in [-0.2, -0.15) is 0 Å². The van der Waals surface area contributed by atoms with Gasteiger partial charge < -0.3 is 0 Å². The van der Waals surface area contributed by atoms with Gasteiger partial charge in [0.05, 0.1) is 0 Å². The molecule has 0 aromatic rings. The molecule has 92 valence electrons. The number of unbranched alkanes of at least 4 members (excludes halogenated alkanes) is 1. The Balaban J connectivity index is 1.85. The fraction of sp³-hybridized carbons (Fsp3) is 0.833. The Hall–Kier alpha value is -0.420. The van der Waals surface area contributed by atoms with Gasteiger partial charge in [0.15, 0.2) is 0 Å². The molecule has 0 amide bonds. The summed E-state index contributed by atoms with van der Waals surface area (Å²) in [7, 11) is 0. The minimum Gasteiger partial charge on any atom is -0.299 e. The topological polar surface area (TPSA) is 44.5 Å². The lowest BCUT2D eigenvalue weighted by atomic mass is 9.96. The number of rotatable bonds is 6. The van der Waals surface area contributed by atoms with Crippen LogP contribution in [-0.4, -0.2) is 54.6 Å². The molecule has 2 atom stereocenters. The first-order valence-corrected chi connectivity index (χ1v) is 6.38. The number of nitrogens with two attached hydrogens (primary N) is 1. The van der Waals surface area contributed by atoms with Crippen LogP contribution in [0.2, 0.25) is 0 Å². The molecule has 3 saturated heterocycles. The summed E-state index contributed by atoms with van der Waals surface area (Å²) in [6, 6.07) is 1.04. The molecule has 3 aliphatic heterocycles. The van der Waals surface area contributed by atoms with Gasteiger partial charge in [0, 0.05) is 44.8 Å². The molecule has 3 N–H and O–H groups in total. The van der Waals surface area contributed by atoms with Gasteiger partial charge in [0.2, 0.25) is 0 Å². The van der Waals surface area contributed by atoms with Crippen molar-refractivity contribution in [1.29, 1.82) is 0 Å². The molecule has 3 aliphatic rings. The van der Waals surface area contributed by atoms with Gasteiger partial charge in [-0.1, -0.05) is 6.08 Å². The Morgan fingerprint density at radius 1 is 1.38 bits per heavy atom. The minimum atomic E-state index is 0.433. The number of hydrogen-bond donors (Lipinski definition) is 2. The van der Waals surface area contributed by atoms with Crippen molar-refractivity contribution in [2.45, 2.75) is 31.3 Å². The summed E-state index contributed by atoms with van der Waals surface area (Å²) in [5, 5.41) is 0. The van der Waals surface area contributed by atoms with Gasteiger partial charge >= 0.3 is 0 Å².